The molecule has 1 N–H and O–H groups in total. The summed E-state index contributed by atoms with van der Waals surface area (Å²) in [6.45, 7) is 0. The van der Waals surface area contributed by atoms with Crippen LogP contribution >= 0.6 is 15.9 Å². The molecule has 0 atom stereocenters. The Labute approximate surface area is 203 Å². The average molecular weight is 549 g/mol. The molecule has 1 aromatic heterocycles. The molecule has 8 nitrogen and oxygen atoms in total. The molecule has 35 heavy (non-hydrogen) atoms. The second-order valence-electron chi connectivity index (χ2n) is 7.05. The number of furan rings is 1. The van der Waals surface area contributed by atoms with Gasteiger partial charge in [-0.1, -0.05) is 22.0 Å². The summed E-state index contributed by atoms with van der Waals surface area (Å²) in [5.74, 6) is -3.24. The summed E-state index contributed by atoms with van der Waals surface area (Å²) in [7, 11) is 0. The molecule has 0 saturated carbocycles. The van der Waals surface area contributed by atoms with Gasteiger partial charge in [0, 0.05) is 10.0 Å². The minimum atomic E-state index is -4.72. The molecule has 12 heteroatoms. The number of nitrogens with zero attached hydrogens (tertiary/aromatic N) is 1. The third-order valence-electron chi connectivity index (χ3n) is 4.73. The van der Waals surface area contributed by atoms with E-state index in [1.807, 2.05) is 5.32 Å². The number of urea groups is 1. The first-order valence-electron chi connectivity index (χ1n) is 9.68. The van der Waals surface area contributed by atoms with Crippen molar-refractivity contribution in [3.63, 3.8) is 0 Å². The zero-order valence-electron chi connectivity index (χ0n) is 17.3. The highest BCUT2D eigenvalue weighted by molar-refractivity contribution is 9.10. The first-order chi connectivity index (χ1) is 16.5. The molecule has 1 aliphatic heterocycles. The van der Waals surface area contributed by atoms with Crippen LogP contribution in [0.5, 0.6) is 5.75 Å². The number of hydrogen-bond acceptors (Lipinski definition) is 6. The monoisotopic (exact) mass is 548 g/mol. The summed E-state index contributed by atoms with van der Waals surface area (Å²) < 4.78 is 50.1. The quantitative estimate of drug-likeness (QED) is 0.214. The normalized spacial score (nSPS) is 15.4. The van der Waals surface area contributed by atoms with Crippen molar-refractivity contribution in [2.45, 2.75) is 6.18 Å². The molecule has 1 fully saturated rings. The van der Waals surface area contributed by atoms with E-state index in [0.29, 0.717) is 15.4 Å². The highest BCUT2D eigenvalue weighted by atomic mass is 79.9. The average Bonchev–Trinajstić information content (AvgIpc) is 3.33. The molecule has 2 aromatic carbocycles. The van der Waals surface area contributed by atoms with E-state index in [1.54, 1.807) is 0 Å². The van der Waals surface area contributed by atoms with E-state index in [4.69, 9.17) is 9.15 Å². The summed E-state index contributed by atoms with van der Waals surface area (Å²) in [6, 6.07) is 9.53. The van der Waals surface area contributed by atoms with Gasteiger partial charge in [0.15, 0.2) is 0 Å². The minimum absolute atomic E-state index is 0.0507. The third-order valence-corrected chi connectivity index (χ3v) is 5.22. The summed E-state index contributed by atoms with van der Waals surface area (Å²) in [5, 5.41) is 1.93. The smallest absolute Gasteiger partial charge is 0.416 e. The number of amides is 4. The maximum absolute atomic E-state index is 13.1. The zero-order chi connectivity index (χ0) is 25.3. The fourth-order valence-corrected chi connectivity index (χ4v) is 3.52. The van der Waals surface area contributed by atoms with Crippen molar-refractivity contribution in [1.29, 1.82) is 0 Å². The molecular formula is C23H12BrF3N2O6. The van der Waals surface area contributed by atoms with E-state index in [0.717, 1.165) is 24.3 Å². The Morgan fingerprint density at radius 1 is 1.06 bits per heavy atom. The van der Waals surface area contributed by atoms with Crippen molar-refractivity contribution in [3.05, 3.63) is 87.8 Å². The topological polar surface area (TPSA) is 106 Å². The molecule has 2 heterocycles. The summed E-state index contributed by atoms with van der Waals surface area (Å²) in [6.07, 6.45) is -2.39. The number of rotatable bonds is 4. The van der Waals surface area contributed by atoms with E-state index < -0.39 is 41.1 Å². The van der Waals surface area contributed by atoms with Gasteiger partial charge in [0.2, 0.25) is 5.76 Å². The number of ether oxygens (including phenoxy) is 1. The fraction of sp³-hybridized carbons (Fsp3) is 0.0435. The van der Waals surface area contributed by atoms with Gasteiger partial charge in [0.05, 0.1) is 17.5 Å². The SMILES string of the molecule is O=C1NC(=O)N(c2cccc(C(F)(F)F)c2)C(=O)/C1=C\c1cc(Br)ccc1OC(=O)c1ccco1. The lowest BCUT2D eigenvalue weighted by molar-refractivity contribution is -0.137. The second kappa shape index (κ2) is 9.22. The first kappa shape index (κ1) is 24.0. The van der Waals surface area contributed by atoms with Gasteiger partial charge in [-0.3, -0.25) is 14.9 Å². The highest BCUT2D eigenvalue weighted by Crippen LogP contribution is 2.33. The van der Waals surface area contributed by atoms with Crippen LogP contribution in [0.3, 0.4) is 0 Å². The minimum Gasteiger partial charge on any atom is -0.457 e. The van der Waals surface area contributed by atoms with Crippen molar-refractivity contribution < 1.29 is 41.5 Å². The second-order valence-corrected chi connectivity index (χ2v) is 7.97. The van der Waals surface area contributed by atoms with Gasteiger partial charge in [-0.2, -0.15) is 13.2 Å². The number of anilines is 1. The molecule has 0 radical (unpaired) electrons. The van der Waals surface area contributed by atoms with Gasteiger partial charge in [0.1, 0.15) is 11.3 Å². The Hall–Kier alpha value is -4.19. The fourth-order valence-electron chi connectivity index (χ4n) is 3.14. The molecule has 0 aliphatic carbocycles. The molecule has 3 aromatic rings. The van der Waals surface area contributed by atoms with E-state index in [1.165, 1.54) is 36.6 Å². The van der Waals surface area contributed by atoms with Crippen molar-refractivity contribution in [2.24, 2.45) is 0 Å². The lowest BCUT2D eigenvalue weighted by Crippen LogP contribution is -2.54. The van der Waals surface area contributed by atoms with Gasteiger partial charge >= 0.3 is 18.2 Å². The molecule has 4 amide bonds. The number of nitrogens with one attached hydrogen (secondary N) is 1. The van der Waals surface area contributed by atoms with Crippen molar-refractivity contribution in [3.8, 4) is 5.75 Å². The maximum atomic E-state index is 13.1. The van der Waals surface area contributed by atoms with Crippen LogP contribution in [0.25, 0.3) is 6.08 Å². The lowest BCUT2D eigenvalue weighted by Gasteiger charge is -2.27. The lowest BCUT2D eigenvalue weighted by atomic mass is 10.1. The number of imide groups is 2. The number of carbonyl (C=O) groups is 4. The third kappa shape index (κ3) is 5.01. The van der Waals surface area contributed by atoms with Gasteiger partial charge in [0.25, 0.3) is 11.8 Å². The number of barbiturate groups is 1. The number of benzene rings is 2. The standard InChI is InChI=1S/C23H12BrF3N2O6/c24-14-6-7-17(35-21(32)18-5-2-8-34-18)12(9-14)10-16-19(30)28-22(33)29(20(16)31)15-4-1-3-13(11-15)23(25,26)27/h1-11H,(H,28,30,33)/b16-10-. The van der Waals surface area contributed by atoms with Gasteiger partial charge in [-0.25, -0.2) is 14.5 Å². The van der Waals surface area contributed by atoms with Crippen LogP contribution in [-0.4, -0.2) is 23.8 Å². The Balaban J connectivity index is 1.73. The number of alkyl halides is 3. The maximum Gasteiger partial charge on any atom is 0.416 e. The number of carbonyl (C=O) groups excluding carboxylic acids is 4. The van der Waals surface area contributed by atoms with Crippen LogP contribution < -0.4 is 15.0 Å². The first-order valence-corrected chi connectivity index (χ1v) is 10.5. The largest absolute Gasteiger partial charge is 0.457 e. The molecular weight excluding hydrogens is 537 g/mol. The van der Waals surface area contributed by atoms with Gasteiger partial charge in [-0.15, -0.1) is 0 Å². The van der Waals surface area contributed by atoms with Crippen LogP contribution in [0, 0.1) is 0 Å². The Kier molecular flexibility index (Phi) is 6.31. The van der Waals surface area contributed by atoms with Crippen molar-refractivity contribution in [2.75, 3.05) is 4.90 Å². The van der Waals surface area contributed by atoms with Crippen molar-refractivity contribution >= 4 is 51.5 Å². The van der Waals surface area contributed by atoms with Crippen molar-refractivity contribution in [1.82, 2.24) is 5.32 Å². The summed E-state index contributed by atoms with van der Waals surface area (Å²) in [5.41, 5.74) is -1.96. The van der Waals surface area contributed by atoms with Crippen LogP contribution in [0.4, 0.5) is 23.7 Å². The van der Waals surface area contributed by atoms with E-state index in [2.05, 4.69) is 15.9 Å². The predicted octanol–water partition coefficient (Wildman–Crippen LogP) is 4.95. The van der Waals surface area contributed by atoms with Crippen LogP contribution in [0.2, 0.25) is 0 Å². The molecule has 0 bridgehead atoms. The van der Waals surface area contributed by atoms with E-state index in [9.17, 15) is 32.3 Å². The molecule has 1 saturated heterocycles. The van der Waals surface area contributed by atoms with Crippen LogP contribution in [-0.2, 0) is 15.8 Å². The predicted molar refractivity (Wildman–Crippen MR) is 118 cm³/mol. The number of hydrogen-bond donors (Lipinski definition) is 1. The van der Waals surface area contributed by atoms with Gasteiger partial charge < -0.3 is 9.15 Å². The number of esters is 1. The van der Waals surface area contributed by atoms with Crippen LogP contribution in [0.1, 0.15) is 21.7 Å². The van der Waals surface area contributed by atoms with Gasteiger partial charge in [-0.05, 0) is 54.6 Å². The Morgan fingerprint density at radius 3 is 2.51 bits per heavy atom. The number of halogens is 4. The Bertz CT molecular complexity index is 1380. The molecule has 1 aliphatic rings. The van der Waals surface area contributed by atoms with E-state index >= 15 is 0 Å². The molecule has 0 unspecified atom stereocenters. The summed E-state index contributed by atoms with van der Waals surface area (Å²) in [4.78, 5) is 50.6. The molecule has 0 spiro atoms. The molecule has 4 rings (SSSR count). The molecule has 178 valence electrons. The van der Waals surface area contributed by atoms with E-state index in [-0.39, 0.29) is 22.8 Å². The summed E-state index contributed by atoms with van der Waals surface area (Å²) >= 11 is 3.24. The Morgan fingerprint density at radius 2 is 1.83 bits per heavy atom. The van der Waals surface area contributed by atoms with Crippen LogP contribution in [0.15, 0.2) is 75.3 Å². The zero-order valence-corrected chi connectivity index (χ0v) is 18.8. The highest BCUT2D eigenvalue weighted by Gasteiger charge is 2.38.